The predicted octanol–water partition coefficient (Wildman–Crippen LogP) is 3.30. The smallest absolute Gasteiger partial charge is 0.186 e. The fraction of sp³-hybridized carbons (Fsp3) is 0.455. The van der Waals surface area contributed by atoms with Gasteiger partial charge in [-0.2, -0.15) is 0 Å². The molecule has 1 heterocycles. The molecule has 1 saturated heterocycles. The van der Waals surface area contributed by atoms with Gasteiger partial charge in [-0.15, -0.1) is 0 Å². The maximum absolute atomic E-state index is 10.8. The van der Waals surface area contributed by atoms with Crippen LogP contribution in [-0.2, 0) is 32.2 Å². The average molecular weight is 372 g/mol. The van der Waals surface area contributed by atoms with Crippen molar-refractivity contribution in [3.05, 3.63) is 71.8 Å². The molecule has 1 aliphatic rings. The Labute approximate surface area is 160 Å². The summed E-state index contributed by atoms with van der Waals surface area (Å²) >= 11 is 0. The molecule has 5 nitrogen and oxygen atoms in total. The van der Waals surface area contributed by atoms with E-state index in [-0.39, 0.29) is 6.10 Å². The third-order valence-corrected chi connectivity index (χ3v) is 4.82. The molecule has 0 spiro atoms. The normalized spacial score (nSPS) is 28.2. The lowest BCUT2D eigenvalue weighted by Gasteiger charge is -2.43. The Balaban J connectivity index is 1.73. The molecule has 0 amide bonds. The molecule has 0 saturated carbocycles. The lowest BCUT2D eigenvalue weighted by atomic mass is 9.96. The molecular weight excluding hydrogens is 344 g/mol. The van der Waals surface area contributed by atoms with Crippen LogP contribution in [0.25, 0.3) is 0 Å². The van der Waals surface area contributed by atoms with Gasteiger partial charge in [-0.25, -0.2) is 0 Å². The Hall–Kier alpha value is -1.76. The fourth-order valence-electron chi connectivity index (χ4n) is 3.32. The molecule has 1 fully saturated rings. The van der Waals surface area contributed by atoms with Crippen molar-refractivity contribution < 1.29 is 24.1 Å². The summed E-state index contributed by atoms with van der Waals surface area (Å²) < 4.78 is 23.6. The van der Waals surface area contributed by atoms with E-state index in [1.54, 1.807) is 7.11 Å². The molecule has 0 bridgehead atoms. The lowest BCUT2D eigenvalue weighted by molar-refractivity contribution is -0.310. The molecule has 1 aliphatic heterocycles. The van der Waals surface area contributed by atoms with Gasteiger partial charge < -0.3 is 24.1 Å². The average Bonchev–Trinajstić information content (AvgIpc) is 2.73. The van der Waals surface area contributed by atoms with Gasteiger partial charge in [-0.3, -0.25) is 0 Å². The highest BCUT2D eigenvalue weighted by Gasteiger charge is 2.46. The Morgan fingerprint density at radius 2 is 1.37 bits per heavy atom. The third-order valence-electron chi connectivity index (χ3n) is 4.82. The van der Waals surface area contributed by atoms with Gasteiger partial charge in [0.2, 0.25) is 0 Å². The Kier molecular flexibility index (Phi) is 7.38. The molecule has 0 aromatic heterocycles. The summed E-state index contributed by atoms with van der Waals surface area (Å²) in [5, 5.41) is 10.8. The van der Waals surface area contributed by atoms with Gasteiger partial charge in [-0.1, -0.05) is 67.6 Å². The first-order chi connectivity index (χ1) is 13.2. The van der Waals surface area contributed by atoms with Crippen molar-refractivity contribution >= 4 is 0 Å². The molecule has 0 radical (unpaired) electrons. The van der Waals surface area contributed by atoms with Crippen molar-refractivity contribution in [1.29, 1.82) is 0 Å². The second kappa shape index (κ2) is 9.97. The highest BCUT2D eigenvalue weighted by Crippen LogP contribution is 2.29. The van der Waals surface area contributed by atoms with Crippen molar-refractivity contribution in [2.75, 3.05) is 7.11 Å². The molecule has 3 rings (SSSR count). The molecule has 0 aliphatic carbocycles. The third kappa shape index (κ3) is 5.15. The van der Waals surface area contributed by atoms with Crippen LogP contribution in [-0.4, -0.2) is 42.9 Å². The highest BCUT2D eigenvalue weighted by atomic mass is 16.7. The van der Waals surface area contributed by atoms with Gasteiger partial charge in [0.05, 0.1) is 19.3 Å². The molecule has 2 aromatic carbocycles. The summed E-state index contributed by atoms with van der Waals surface area (Å²) in [6.45, 7) is 2.75. The van der Waals surface area contributed by atoms with Crippen LogP contribution in [0.5, 0.6) is 0 Å². The minimum Gasteiger partial charge on any atom is -0.388 e. The maximum atomic E-state index is 10.8. The second-order valence-electron chi connectivity index (χ2n) is 6.70. The van der Waals surface area contributed by atoms with Crippen molar-refractivity contribution in [3.63, 3.8) is 0 Å². The van der Waals surface area contributed by atoms with E-state index < -0.39 is 24.6 Å². The van der Waals surface area contributed by atoms with E-state index in [1.165, 1.54) is 0 Å². The first-order valence-electron chi connectivity index (χ1n) is 9.40. The van der Waals surface area contributed by atoms with E-state index in [0.717, 1.165) is 11.1 Å². The minimum absolute atomic E-state index is 0.354. The number of aliphatic hydroxyl groups is 1. The van der Waals surface area contributed by atoms with Gasteiger partial charge in [-0.05, 0) is 17.5 Å². The molecular formula is C22H28O5. The van der Waals surface area contributed by atoms with E-state index in [4.69, 9.17) is 18.9 Å². The van der Waals surface area contributed by atoms with Crippen molar-refractivity contribution in [2.45, 2.75) is 57.3 Å². The number of benzene rings is 2. The van der Waals surface area contributed by atoms with Crippen LogP contribution in [0.15, 0.2) is 60.7 Å². The Bertz CT molecular complexity index is 663. The van der Waals surface area contributed by atoms with Crippen LogP contribution in [0.2, 0.25) is 0 Å². The Morgan fingerprint density at radius 3 is 1.85 bits per heavy atom. The largest absolute Gasteiger partial charge is 0.388 e. The van der Waals surface area contributed by atoms with Crippen molar-refractivity contribution in [1.82, 2.24) is 0 Å². The van der Waals surface area contributed by atoms with Crippen LogP contribution >= 0.6 is 0 Å². The van der Waals surface area contributed by atoms with Crippen LogP contribution in [0.4, 0.5) is 0 Å². The second-order valence-corrected chi connectivity index (χ2v) is 6.70. The van der Waals surface area contributed by atoms with Gasteiger partial charge in [0.1, 0.15) is 18.3 Å². The summed E-state index contributed by atoms with van der Waals surface area (Å²) in [7, 11) is 1.59. The van der Waals surface area contributed by atoms with Crippen LogP contribution in [0, 0.1) is 0 Å². The maximum Gasteiger partial charge on any atom is 0.186 e. The van der Waals surface area contributed by atoms with Gasteiger partial charge in [0.15, 0.2) is 6.29 Å². The molecule has 146 valence electrons. The van der Waals surface area contributed by atoms with Gasteiger partial charge >= 0.3 is 0 Å². The van der Waals surface area contributed by atoms with Gasteiger partial charge in [0.25, 0.3) is 0 Å². The monoisotopic (exact) mass is 372 g/mol. The molecule has 5 atom stereocenters. The van der Waals surface area contributed by atoms with Crippen LogP contribution < -0.4 is 0 Å². The topological polar surface area (TPSA) is 57.2 Å². The minimum atomic E-state index is -0.786. The summed E-state index contributed by atoms with van der Waals surface area (Å²) in [5.74, 6) is 0. The van der Waals surface area contributed by atoms with Crippen molar-refractivity contribution in [2.24, 2.45) is 0 Å². The quantitative estimate of drug-likeness (QED) is 0.771. The van der Waals surface area contributed by atoms with Crippen LogP contribution in [0.1, 0.15) is 24.5 Å². The molecule has 2 aromatic rings. The number of aliphatic hydroxyl groups excluding tert-OH is 1. The van der Waals surface area contributed by atoms with E-state index >= 15 is 0 Å². The number of hydrogen-bond donors (Lipinski definition) is 1. The summed E-state index contributed by atoms with van der Waals surface area (Å²) in [5.41, 5.74) is 2.08. The SMILES string of the molecule is CCC1O[C@H](OC)C(OCc2ccccc2)[C@H](OCc2ccccc2)[C@@H]1O. The summed E-state index contributed by atoms with van der Waals surface area (Å²) in [4.78, 5) is 0. The zero-order valence-electron chi connectivity index (χ0n) is 15.9. The molecule has 2 unspecified atom stereocenters. The summed E-state index contributed by atoms with van der Waals surface area (Å²) in [6, 6.07) is 19.8. The number of ether oxygens (including phenoxy) is 4. The summed E-state index contributed by atoms with van der Waals surface area (Å²) in [6.07, 6.45) is -2.15. The van der Waals surface area contributed by atoms with Gasteiger partial charge in [0, 0.05) is 7.11 Å². The zero-order valence-corrected chi connectivity index (χ0v) is 15.9. The molecule has 1 N–H and O–H groups in total. The van der Waals surface area contributed by atoms with E-state index in [1.807, 2.05) is 67.6 Å². The lowest BCUT2D eigenvalue weighted by Crippen LogP contribution is -2.59. The molecule has 5 heteroatoms. The molecule has 27 heavy (non-hydrogen) atoms. The Morgan fingerprint density at radius 1 is 0.852 bits per heavy atom. The first kappa shape index (κ1) is 20.0. The number of hydrogen-bond acceptors (Lipinski definition) is 5. The fourth-order valence-corrected chi connectivity index (χ4v) is 3.32. The van der Waals surface area contributed by atoms with Crippen molar-refractivity contribution in [3.8, 4) is 0 Å². The number of methoxy groups -OCH3 is 1. The van der Waals surface area contributed by atoms with Crippen LogP contribution in [0.3, 0.4) is 0 Å². The van der Waals surface area contributed by atoms with E-state index in [0.29, 0.717) is 19.6 Å². The highest BCUT2D eigenvalue weighted by molar-refractivity contribution is 5.14. The zero-order chi connectivity index (χ0) is 19.1. The van der Waals surface area contributed by atoms with E-state index in [9.17, 15) is 5.11 Å². The number of rotatable bonds is 8. The predicted molar refractivity (Wildman–Crippen MR) is 102 cm³/mol. The standard InChI is InChI=1S/C22H28O5/c1-3-18-19(23)20(25-14-16-10-6-4-7-11-16)21(22(24-2)27-18)26-15-17-12-8-5-9-13-17/h4-13,18-23H,3,14-15H2,1-2H3/t18?,19-,20-,21?,22+/m1/s1. The van der Waals surface area contributed by atoms with E-state index in [2.05, 4.69) is 0 Å². The first-order valence-corrected chi connectivity index (χ1v) is 9.40.